The first-order valence-corrected chi connectivity index (χ1v) is 18.7. The molecule has 0 heteroatoms. The third kappa shape index (κ3) is 5.57. The Kier molecular flexibility index (Phi) is 7.93. The van der Waals surface area contributed by atoms with Gasteiger partial charge in [0.2, 0.25) is 0 Å². The molecule has 10 aromatic rings. The fourth-order valence-electron chi connectivity index (χ4n) is 8.36. The Morgan fingerprint density at radius 1 is 0.185 bits per heavy atom. The van der Waals surface area contributed by atoms with Gasteiger partial charge in [0.05, 0.1) is 0 Å². The molecule has 0 unspecified atom stereocenters. The molecule has 10 rings (SSSR count). The molecule has 0 fully saturated rings. The summed E-state index contributed by atoms with van der Waals surface area (Å²) in [6, 6.07) is 79.8. The lowest BCUT2D eigenvalue weighted by Gasteiger charge is -2.21. The van der Waals surface area contributed by atoms with Crippen molar-refractivity contribution in [1.82, 2.24) is 0 Å². The molecule has 0 amide bonds. The van der Waals surface area contributed by atoms with Crippen LogP contribution in [0.15, 0.2) is 218 Å². The minimum atomic E-state index is 1.19. The molecule has 0 aliphatic carbocycles. The van der Waals surface area contributed by atoms with E-state index < -0.39 is 0 Å². The lowest BCUT2D eigenvalue weighted by atomic mass is 9.82. The molecule has 0 atom stereocenters. The van der Waals surface area contributed by atoms with Crippen LogP contribution in [0.5, 0.6) is 0 Å². The standard InChI is InChI=1S/C54H36/c1-3-16-37(17-4-1)40-22-13-25-44(34-40)47-33-32-42(41-23-14-24-43(35-41)46-31-15-21-38-18-7-8-26-45(38)46)36-52(47)54-50-29-11-9-27-48(50)53(39-19-5-2-6-20-39)49-28-10-12-30-51(49)54/h1-36H. The van der Waals surface area contributed by atoms with Gasteiger partial charge >= 0.3 is 0 Å². The highest BCUT2D eigenvalue weighted by Crippen LogP contribution is 2.47. The van der Waals surface area contributed by atoms with Crippen LogP contribution in [-0.2, 0) is 0 Å². The van der Waals surface area contributed by atoms with Crippen molar-refractivity contribution in [3.05, 3.63) is 218 Å². The maximum absolute atomic E-state index is 2.43. The van der Waals surface area contributed by atoms with Crippen LogP contribution in [0.3, 0.4) is 0 Å². The van der Waals surface area contributed by atoms with Gasteiger partial charge in [-0.25, -0.2) is 0 Å². The molecule has 0 aromatic heterocycles. The van der Waals surface area contributed by atoms with E-state index in [4.69, 9.17) is 0 Å². The quantitative estimate of drug-likeness (QED) is 0.153. The van der Waals surface area contributed by atoms with Crippen molar-refractivity contribution >= 4 is 32.3 Å². The zero-order chi connectivity index (χ0) is 35.8. The smallest absolute Gasteiger partial charge is 0.00199 e. The number of hydrogen-bond donors (Lipinski definition) is 0. The Hall–Kier alpha value is -7.02. The van der Waals surface area contributed by atoms with Crippen LogP contribution in [0.25, 0.3) is 99.1 Å². The second kappa shape index (κ2) is 13.5. The Balaban J connectivity index is 1.25. The second-order valence-corrected chi connectivity index (χ2v) is 14.0. The van der Waals surface area contributed by atoms with Crippen molar-refractivity contribution < 1.29 is 0 Å². The average Bonchev–Trinajstić information content (AvgIpc) is 3.26. The first-order valence-electron chi connectivity index (χ1n) is 18.7. The monoisotopic (exact) mass is 684 g/mol. The molecule has 0 saturated carbocycles. The molecule has 0 aliphatic heterocycles. The first kappa shape index (κ1) is 31.7. The molecule has 0 N–H and O–H groups in total. The summed E-state index contributed by atoms with van der Waals surface area (Å²) in [5.74, 6) is 0. The third-order valence-corrected chi connectivity index (χ3v) is 10.9. The molecule has 0 radical (unpaired) electrons. The Labute approximate surface area is 316 Å². The normalized spacial score (nSPS) is 11.3. The fourth-order valence-corrected chi connectivity index (χ4v) is 8.36. The Bertz CT molecular complexity index is 2910. The van der Waals surface area contributed by atoms with Gasteiger partial charge in [0, 0.05) is 0 Å². The lowest BCUT2D eigenvalue weighted by molar-refractivity contribution is 1.56. The first-order chi connectivity index (χ1) is 26.8. The lowest BCUT2D eigenvalue weighted by Crippen LogP contribution is -1.94. The van der Waals surface area contributed by atoms with Crippen LogP contribution in [0, 0.1) is 0 Å². The van der Waals surface area contributed by atoms with Gasteiger partial charge in [0.1, 0.15) is 0 Å². The van der Waals surface area contributed by atoms with Crippen LogP contribution >= 0.6 is 0 Å². The topological polar surface area (TPSA) is 0 Å². The Morgan fingerprint density at radius 3 is 1.26 bits per heavy atom. The molecule has 0 aliphatic rings. The highest BCUT2D eigenvalue weighted by atomic mass is 14.2. The summed E-state index contributed by atoms with van der Waals surface area (Å²) in [7, 11) is 0. The van der Waals surface area contributed by atoms with Crippen molar-refractivity contribution in [3.63, 3.8) is 0 Å². The van der Waals surface area contributed by atoms with Gasteiger partial charge < -0.3 is 0 Å². The maximum atomic E-state index is 2.43. The SMILES string of the molecule is c1ccc(-c2cccc(-c3ccc(-c4cccc(-c5cccc6ccccc56)c4)cc3-c3c4ccccc4c(-c4ccccc4)c4ccccc34)c2)cc1. The minimum absolute atomic E-state index is 1.19. The maximum Gasteiger partial charge on any atom is -0.00199 e. The second-order valence-electron chi connectivity index (χ2n) is 14.0. The third-order valence-electron chi connectivity index (χ3n) is 10.9. The van der Waals surface area contributed by atoms with E-state index in [-0.39, 0.29) is 0 Å². The average molecular weight is 685 g/mol. The Morgan fingerprint density at radius 2 is 0.611 bits per heavy atom. The summed E-state index contributed by atoms with van der Waals surface area (Å²) in [6.45, 7) is 0. The van der Waals surface area contributed by atoms with Crippen molar-refractivity contribution in [2.24, 2.45) is 0 Å². The largest absolute Gasteiger partial charge is 0.0622 e. The zero-order valence-electron chi connectivity index (χ0n) is 29.8. The highest BCUT2D eigenvalue weighted by molar-refractivity contribution is 6.22. The molecule has 0 bridgehead atoms. The van der Waals surface area contributed by atoms with Crippen LogP contribution in [-0.4, -0.2) is 0 Å². The van der Waals surface area contributed by atoms with Crippen molar-refractivity contribution in [3.8, 4) is 66.8 Å². The van der Waals surface area contributed by atoms with Gasteiger partial charge in [-0.2, -0.15) is 0 Å². The summed E-state index contributed by atoms with van der Waals surface area (Å²) in [6.07, 6.45) is 0. The van der Waals surface area contributed by atoms with Gasteiger partial charge in [-0.05, 0) is 117 Å². The van der Waals surface area contributed by atoms with E-state index in [1.807, 2.05) is 0 Å². The molecule has 0 spiro atoms. The molecule has 252 valence electrons. The number of benzene rings is 10. The van der Waals surface area contributed by atoms with E-state index in [9.17, 15) is 0 Å². The highest BCUT2D eigenvalue weighted by Gasteiger charge is 2.20. The van der Waals surface area contributed by atoms with Crippen LogP contribution in [0.4, 0.5) is 0 Å². The molecule has 0 saturated heterocycles. The van der Waals surface area contributed by atoms with Gasteiger partial charge in [0.25, 0.3) is 0 Å². The van der Waals surface area contributed by atoms with Crippen molar-refractivity contribution in [2.45, 2.75) is 0 Å². The van der Waals surface area contributed by atoms with Gasteiger partial charge in [0.15, 0.2) is 0 Å². The number of fused-ring (bicyclic) bond motifs is 3. The summed E-state index contributed by atoms with van der Waals surface area (Å²) in [4.78, 5) is 0. The van der Waals surface area contributed by atoms with E-state index in [0.29, 0.717) is 0 Å². The van der Waals surface area contributed by atoms with E-state index in [1.54, 1.807) is 0 Å². The molecular weight excluding hydrogens is 649 g/mol. The summed E-state index contributed by atoms with van der Waals surface area (Å²) >= 11 is 0. The summed E-state index contributed by atoms with van der Waals surface area (Å²) < 4.78 is 0. The number of rotatable bonds is 6. The van der Waals surface area contributed by atoms with Crippen LogP contribution in [0.2, 0.25) is 0 Å². The zero-order valence-corrected chi connectivity index (χ0v) is 29.8. The van der Waals surface area contributed by atoms with Gasteiger partial charge in [-0.3, -0.25) is 0 Å². The predicted molar refractivity (Wildman–Crippen MR) is 232 cm³/mol. The van der Waals surface area contributed by atoms with Crippen LogP contribution < -0.4 is 0 Å². The van der Waals surface area contributed by atoms with E-state index >= 15 is 0 Å². The van der Waals surface area contributed by atoms with E-state index in [0.717, 1.165) is 0 Å². The van der Waals surface area contributed by atoms with Gasteiger partial charge in [-0.15, -0.1) is 0 Å². The molecule has 0 nitrogen and oxygen atoms in total. The predicted octanol–water partition coefficient (Wildman–Crippen LogP) is 15.1. The summed E-state index contributed by atoms with van der Waals surface area (Å²) in [5.41, 5.74) is 14.7. The van der Waals surface area contributed by atoms with Crippen molar-refractivity contribution in [2.75, 3.05) is 0 Å². The van der Waals surface area contributed by atoms with Gasteiger partial charge in [-0.1, -0.05) is 200 Å². The van der Waals surface area contributed by atoms with Crippen LogP contribution in [0.1, 0.15) is 0 Å². The molecule has 54 heavy (non-hydrogen) atoms. The molecule has 0 heterocycles. The van der Waals surface area contributed by atoms with E-state index in [2.05, 4.69) is 218 Å². The fraction of sp³-hybridized carbons (Fsp3) is 0. The van der Waals surface area contributed by atoms with Crippen molar-refractivity contribution in [1.29, 1.82) is 0 Å². The number of hydrogen-bond acceptors (Lipinski definition) is 0. The minimum Gasteiger partial charge on any atom is -0.0622 e. The summed E-state index contributed by atoms with van der Waals surface area (Å²) in [5, 5.41) is 7.52. The molecular formula is C54H36. The van der Waals surface area contributed by atoms with E-state index in [1.165, 1.54) is 99.1 Å². The molecule has 10 aromatic carbocycles.